The Labute approximate surface area is 293 Å². The van der Waals surface area contributed by atoms with Crippen LogP contribution in [0.25, 0.3) is 0 Å². The lowest BCUT2D eigenvalue weighted by Gasteiger charge is -2.37. The summed E-state index contributed by atoms with van der Waals surface area (Å²) in [5.74, 6) is -0.959. The van der Waals surface area contributed by atoms with Gasteiger partial charge >= 0.3 is 0 Å². The van der Waals surface area contributed by atoms with Crippen LogP contribution in [-0.2, 0) is 25.7 Å². The Balaban J connectivity index is 1.50. The van der Waals surface area contributed by atoms with E-state index < -0.39 is 47.0 Å². The van der Waals surface area contributed by atoms with Gasteiger partial charge in [0.25, 0.3) is 20.2 Å². The first kappa shape index (κ1) is 34.9. The second-order valence-electron chi connectivity index (χ2n) is 11.7. The second kappa shape index (κ2) is 13.4. The van der Waals surface area contributed by atoms with Crippen LogP contribution in [0.1, 0.15) is 54.1 Å². The Morgan fingerprint density at radius 2 is 0.706 bits per heavy atom. The average Bonchev–Trinajstić information content (AvgIpc) is 3.12. The summed E-state index contributed by atoms with van der Waals surface area (Å²) in [5.41, 5.74) is 2.00. The minimum atomic E-state index is -4.54. The van der Waals surface area contributed by atoms with Crippen molar-refractivity contribution in [3.05, 3.63) is 190 Å². The fourth-order valence-electron chi connectivity index (χ4n) is 6.09. The molecule has 0 saturated heterocycles. The van der Waals surface area contributed by atoms with Crippen LogP contribution in [0.5, 0.6) is 11.5 Å². The van der Waals surface area contributed by atoms with E-state index in [1.54, 1.807) is 72.8 Å². The van der Waals surface area contributed by atoms with Gasteiger partial charge in [0.2, 0.25) is 0 Å². The molecule has 0 amide bonds. The monoisotopic (exact) mass is 720 g/mol. The number of carbonyl (C=O) groups excluding carboxylic acids is 2. The van der Waals surface area contributed by atoms with E-state index in [2.05, 4.69) is 0 Å². The van der Waals surface area contributed by atoms with Crippen LogP contribution in [0.4, 0.5) is 0 Å². The smallest absolute Gasteiger partial charge is 0.294 e. The third-order valence-corrected chi connectivity index (χ3v) is 10.2. The summed E-state index contributed by atoms with van der Waals surface area (Å²) < 4.78 is 65.7. The van der Waals surface area contributed by atoms with E-state index in [-0.39, 0.29) is 33.8 Å². The molecule has 0 spiro atoms. The summed E-state index contributed by atoms with van der Waals surface area (Å²) in [7, 11) is -9.08. The molecule has 0 bridgehead atoms. The quantitative estimate of drug-likeness (QED) is 0.0698. The number of aromatic hydroxyl groups is 2. The molecule has 0 heterocycles. The van der Waals surface area contributed by atoms with Gasteiger partial charge in [-0.25, -0.2) is 0 Å². The van der Waals surface area contributed by atoms with Crippen LogP contribution in [0, 0.1) is 0 Å². The normalized spacial score (nSPS) is 12.0. The summed E-state index contributed by atoms with van der Waals surface area (Å²) in [6.07, 6.45) is 0. The molecule has 0 saturated carbocycles. The third kappa shape index (κ3) is 6.94. The molecule has 12 heteroatoms. The van der Waals surface area contributed by atoms with Gasteiger partial charge in [0.15, 0.2) is 11.6 Å². The lowest BCUT2D eigenvalue weighted by Crippen LogP contribution is -2.31. The van der Waals surface area contributed by atoms with Gasteiger partial charge in [-0.3, -0.25) is 18.7 Å². The Bertz CT molecular complexity index is 2310. The van der Waals surface area contributed by atoms with Crippen molar-refractivity contribution < 1.29 is 45.7 Å². The molecule has 0 aliphatic carbocycles. The highest BCUT2D eigenvalue weighted by atomic mass is 32.2. The zero-order chi connectivity index (χ0) is 36.6. The van der Waals surface area contributed by atoms with Crippen molar-refractivity contribution >= 4 is 31.8 Å². The van der Waals surface area contributed by atoms with Crippen molar-refractivity contribution in [2.45, 2.75) is 15.2 Å². The van der Waals surface area contributed by atoms with Gasteiger partial charge in [0.05, 0.1) is 15.2 Å². The number of rotatable bonds is 10. The van der Waals surface area contributed by atoms with E-state index in [4.69, 9.17) is 0 Å². The van der Waals surface area contributed by atoms with E-state index in [0.29, 0.717) is 22.3 Å². The molecule has 0 radical (unpaired) electrons. The molecular weight excluding hydrogens is 693 g/mol. The van der Waals surface area contributed by atoms with Gasteiger partial charge in [-0.1, -0.05) is 97.1 Å². The summed E-state index contributed by atoms with van der Waals surface area (Å²) in [4.78, 5) is 26.1. The number of ketones is 2. The van der Waals surface area contributed by atoms with E-state index in [0.717, 1.165) is 12.1 Å². The zero-order valence-electron chi connectivity index (χ0n) is 26.4. The maximum Gasteiger partial charge on any atom is 0.294 e. The van der Waals surface area contributed by atoms with Crippen LogP contribution in [0.2, 0.25) is 0 Å². The number of hydrogen-bond acceptors (Lipinski definition) is 8. The Morgan fingerprint density at radius 3 is 1.00 bits per heavy atom. The molecule has 256 valence electrons. The highest BCUT2D eigenvalue weighted by Crippen LogP contribution is 2.46. The van der Waals surface area contributed by atoms with Gasteiger partial charge in [-0.2, -0.15) is 16.8 Å². The fraction of sp³-hybridized carbons (Fsp3) is 0.0256. The summed E-state index contributed by atoms with van der Waals surface area (Å²) in [5, 5.41) is 20.4. The molecule has 0 unspecified atom stereocenters. The molecule has 4 N–H and O–H groups in total. The number of carbonyl (C=O) groups is 2. The van der Waals surface area contributed by atoms with Crippen molar-refractivity contribution in [3.63, 3.8) is 0 Å². The number of hydrogen-bond donors (Lipinski definition) is 4. The van der Waals surface area contributed by atoms with Crippen molar-refractivity contribution in [3.8, 4) is 11.5 Å². The topological polar surface area (TPSA) is 183 Å². The Hall–Kier alpha value is -5.92. The van der Waals surface area contributed by atoms with E-state index in [9.17, 15) is 45.7 Å². The van der Waals surface area contributed by atoms with Gasteiger partial charge in [-0.05, 0) is 70.8 Å². The molecule has 0 aliphatic heterocycles. The Kier molecular flexibility index (Phi) is 9.19. The largest absolute Gasteiger partial charge is 0.508 e. The van der Waals surface area contributed by atoms with Gasteiger partial charge in [0, 0.05) is 22.3 Å². The van der Waals surface area contributed by atoms with Gasteiger partial charge in [0.1, 0.15) is 11.5 Å². The molecule has 6 aromatic carbocycles. The zero-order valence-corrected chi connectivity index (χ0v) is 28.0. The molecular formula is C39H28O10S2. The number of phenolic OH excluding ortho intramolecular Hbond substituents is 2. The van der Waals surface area contributed by atoms with Crippen LogP contribution >= 0.6 is 0 Å². The number of phenols is 2. The first-order valence-corrected chi connectivity index (χ1v) is 18.1. The fourth-order valence-corrected chi connectivity index (χ4v) is 7.15. The molecule has 10 nitrogen and oxygen atoms in total. The molecule has 0 atom stereocenters. The predicted molar refractivity (Wildman–Crippen MR) is 187 cm³/mol. The molecule has 6 aromatic rings. The van der Waals surface area contributed by atoms with Crippen molar-refractivity contribution in [1.29, 1.82) is 0 Å². The van der Waals surface area contributed by atoms with E-state index in [1.807, 2.05) is 0 Å². The first-order valence-electron chi connectivity index (χ1n) is 15.2. The van der Waals surface area contributed by atoms with Crippen LogP contribution in [-0.4, -0.2) is 47.7 Å². The Morgan fingerprint density at radius 1 is 0.412 bits per heavy atom. The minimum absolute atomic E-state index is 0.0134. The SMILES string of the molecule is O=C(c1ccc(C(c2ccc(O)cc2)(c2ccc(O)cc2)c2ccc(C(=O)c3cccc(S(=O)(=O)O)c3)cc2)cc1)c1cccc(S(=O)(=O)O)c1. The lowest BCUT2D eigenvalue weighted by molar-refractivity contribution is 0.103. The minimum Gasteiger partial charge on any atom is -0.508 e. The van der Waals surface area contributed by atoms with Crippen molar-refractivity contribution in [2.24, 2.45) is 0 Å². The molecule has 0 fully saturated rings. The van der Waals surface area contributed by atoms with Crippen molar-refractivity contribution in [2.75, 3.05) is 0 Å². The van der Waals surface area contributed by atoms with Crippen LogP contribution in [0.15, 0.2) is 155 Å². The third-order valence-electron chi connectivity index (χ3n) is 8.55. The highest BCUT2D eigenvalue weighted by Gasteiger charge is 2.39. The first-order chi connectivity index (χ1) is 24.2. The second-order valence-corrected chi connectivity index (χ2v) is 14.5. The molecule has 6 rings (SSSR count). The maximum absolute atomic E-state index is 13.5. The van der Waals surface area contributed by atoms with Gasteiger partial charge in [-0.15, -0.1) is 0 Å². The summed E-state index contributed by atoms with van der Waals surface area (Å²) >= 11 is 0. The molecule has 0 aromatic heterocycles. The lowest BCUT2D eigenvalue weighted by atomic mass is 9.65. The maximum atomic E-state index is 13.5. The molecule has 0 aliphatic rings. The molecule has 51 heavy (non-hydrogen) atoms. The summed E-state index contributed by atoms with van der Waals surface area (Å²) in [6, 6.07) is 36.3. The van der Waals surface area contributed by atoms with Crippen LogP contribution < -0.4 is 0 Å². The highest BCUT2D eigenvalue weighted by molar-refractivity contribution is 7.86. The summed E-state index contributed by atoms with van der Waals surface area (Å²) in [6.45, 7) is 0. The standard InChI is InChI=1S/C39H28O10S2/c40-33-19-15-31(16-20-33)39(32-17-21-34(41)22-18-32,29-11-7-25(8-12-29)37(42)27-3-1-5-35(23-27)50(44,45)46)30-13-9-26(10-14-30)38(43)28-4-2-6-36(24-28)51(47,48)49/h1-24,40-41H,(H,44,45,46)(H,47,48,49). The van der Waals surface area contributed by atoms with Crippen LogP contribution in [0.3, 0.4) is 0 Å². The average molecular weight is 721 g/mol. The van der Waals surface area contributed by atoms with Gasteiger partial charge < -0.3 is 10.2 Å². The van der Waals surface area contributed by atoms with E-state index in [1.165, 1.54) is 60.7 Å². The predicted octanol–water partition coefficient (Wildman–Crippen LogP) is 6.44. The van der Waals surface area contributed by atoms with E-state index >= 15 is 0 Å². The number of benzene rings is 6. The van der Waals surface area contributed by atoms with Crippen molar-refractivity contribution in [1.82, 2.24) is 0 Å².